The van der Waals surface area contributed by atoms with Gasteiger partial charge in [-0.05, 0) is 52.7 Å². The van der Waals surface area contributed by atoms with Crippen molar-refractivity contribution >= 4 is 5.97 Å². The van der Waals surface area contributed by atoms with Crippen LogP contribution in [0, 0.1) is 0 Å². The molecule has 0 bridgehead atoms. The molecule has 0 radical (unpaired) electrons. The first kappa shape index (κ1) is 17.4. The zero-order valence-electron chi connectivity index (χ0n) is 13.3. The van der Waals surface area contributed by atoms with Gasteiger partial charge >= 0.3 is 5.97 Å². The van der Waals surface area contributed by atoms with Gasteiger partial charge in [0.05, 0.1) is 0 Å². The highest BCUT2D eigenvalue weighted by Gasteiger charge is 2.30. The van der Waals surface area contributed by atoms with E-state index in [1.165, 1.54) is 26.1 Å². The summed E-state index contributed by atoms with van der Waals surface area (Å²) in [5.74, 6) is -0.756. The number of carbonyl (C=O) groups is 1. The lowest BCUT2D eigenvalue weighted by molar-refractivity contribution is -0.144. The summed E-state index contributed by atoms with van der Waals surface area (Å²) in [6, 6.07) is 0. The Morgan fingerprint density at radius 1 is 1.15 bits per heavy atom. The Balaban J connectivity index is 2.15. The molecule has 1 aliphatic rings. The van der Waals surface area contributed by atoms with Gasteiger partial charge in [-0.25, -0.2) is 0 Å². The van der Waals surface area contributed by atoms with Crippen LogP contribution in [-0.2, 0) is 4.79 Å². The van der Waals surface area contributed by atoms with Crippen molar-refractivity contribution in [3.63, 3.8) is 0 Å². The van der Waals surface area contributed by atoms with Crippen LogP contribution < -0.4 is 5.32 Å². The SMILES string of the molecule is CCCN1CCN(CCCCC(C)(NC)C(=O)O)CC1. The van der Waals surface area contributed by atoms with Crippen LogP contribution in [0.25, 0.3) is 0 Å². The molecule has 0 amide bonds. The fourth-order valence-electron chi connectivity index (χ4n) is 2.71. The Hall–Kier alpha value is -0.650. The third-order valence-electron chi connectivity index (χ3n) is 4.43. The summed E-state index contributed by atoms with van der Waals surface area (Å²) in [6.07, 6.45) is 3.96. The van der Waals surface area contributed by atoms with Crippen LogP contribution in [0.1, 0.15) is 39.5 Å². The average Bonchev–Trinajstić information content (AvgIpc) is 2.45. The summed E-state index contributed by atoms with van der Waals surface area (Å²) in [4.78, 5) is 16.2. The van der Waals surface area contributed by atoms with Crippen molar-refractivity contribution in [2.24, 2.45) is 0 Å². The second kappa shape index (κ2) is 8.60. The molecule has 0 saturated carbocycles. The molecule has 20 heavy (non-hydrogen) atoms. The van der Waals surface area contributed by atoms with Crippen LogP contribution in [0.3, 0.4) is 0 Å². The molecule has 0 aromatic heterocycles. The van der Waals surface area contributed by atoms with Crippen LogP contribution in [0.5, 0.6) is 0 Å². The Bertz CT molecular complexity index is 291. The summed E-state index contributed by atoms with van der Waals surface area (Å²) in [7, 11) is 1.72. The molecule has 1 aliphatic heterocycles. The summed E-state index contributed by atoms with van der Waals surface area (Å²) in [5.41, 5.74) is -0.778. The molecule has 2 N–H and O–H groups in total. The largest absolute Gasteiger partial charge is 0.480 e. The van der Waals surface area contributed by atoms with Crippen LogP contribution in [-0.4, -0.2) is 72.7 Å². The Morgan fingerprint density at radius 2 is 1.70 bits per heavy atom. The predicted octanol–water partition coefficient (Wildman–Crippen LogP) is 1.25. The number of carboxylic acids is 1. The first-order chi connectivity index (χ1) is 9.51. The minimum atomic E-state index is -0.778. The topological polar surface area (TPSA) is 55.8 Å². The first-order valence-corrected chi connectivity index (χ1v) is 7.89. The standard InChI is InChI=1S/C15H31N3O2/c1-4-8-17-10-12-18(13-11-17)9-6-5-7-15(2,16-3)14(19)20/h16H,4-13H2,1-3H3,(H,19,20). The molecular weight excluding hydrogens is 254 g/mol. The van der Waals surface area contributed by atoms with E-state index in [9.17, 15) is 9.90 Å². The second-order valence-electron chi connectivity index (χ2n) is 6.03. The maximum atomic E-state index is 11.2. The van der Waals surface area contributed by atoms with E-state index in [4.69, 9.17) is 0 Å². The number of unbranched alkanes of at least 4 members (excludes halogenated alkanes) is 1. The molecule has 1 saturated heterocycles. The van der Waals surface area contributed by atoms with Crippen molar-refractivity contribution < 1.29 is 9.90 Å². The number of nitrogens with one attached hydrogen (secondary N) is 1. The van der Waals surface area contributed by atoms with Gasteiger partial charge in [0.1, 0.15) is 5.54 Å². The van der Waals surface area contributed by atoms with E-state index < -0.39 is 11.5 Å². The minimum absolute atomic E-state index is 0.689. The van der Waals surface area contributed by atoms with Gasteiger partial charge in [-0.2, -0.15) is 0 Å². The van der Waals surface area contributed by atoms with Gasteiger partial charge in [-0.1, -0.05) is 6.92 Å². The number of aliphatic carboxylic acids is 1. The number of hydrogen-bond acceptors (Lipinski definition) is 4. The van der Waals surface area contributed by atoms with Crippen molar-refractivity contribution in [2.45, 2.75) is 45.1 Å². The summed E-state index contributed by atoms with van der Waals surface area (Å²) >= 11 is 0. The van der Waals surface area contributed by atoms with Gasteiger partial charge in [0.2, 0.25) is 0 Å². The molecule has 1 heterocycles. The van der Waals surface area contributed by atoms with Gasteiger partial charge in [0.25, 0.3) is 0 Å². The number of carboxylic acid groups (broad SMARTS) is 1. The van der Waals surface area contributed by atoms with Gasteiger partial charge < -0.3 is 20.2 Å². The zero-order valence-corrected chi connectivity index (χ0v) is 13.3. The number of nitrogens with zero attached hydrogens (tertiary/aromatic N) is 2. The molecule has 0 aromatic carbocycles. The molecule has 1 rings (SSSR count). The summed E-state index contributed by atoms with van der Waals surface area (Å²) in [5, 5.41) is 12.1. The van der Waals surface area contributed by atoms with E-state index in [1.807, 2.05) is 0 Å². The Kier molecular flexibility index (Phi) is 7.48. The molecule has 1 atom stereocenters. The van der Waals surface area contributed by atoms with Crippen LogP contribution >= 0.6 is 0 Å². The van der Waals surface area contributed by atoms with E-state index in [0.29, 0.717) is 6.42 Å². The highest BCUT2D eigenvalue weighted by molar-refractivity contribution is 5.78. The smallest absolute Gasteiger partial charge is 0.323 e. The fraction of sp³-hybridized carbons (Fsp3) is 0.933. The number of hydrogen-bond donors (Lipinski definition) is 2. The van der Waals surface area contributed by atoms with Gasteiger partial charge in [0.15, 0.2) is 0 Å². The Morgan fingerprint density at radius 3 is 2.15 bits per heavy atom. The fourth-order valence-corrected chi connectivity index (χ4v) is 2.71. The van der Waals surface area contributed by atoms with Crippen LogP contribution in [0.4, 0.5) is 0 Å². The molecule has 5 heteroatoms. The third-order valence-corrected chi connectivity index (χ3v) is 4.43. The lowest BCUT2D eigenvalue weighted by atomic mass is 9.95. The molecule has 0 aromatic rings. The normalized spacial score (nSPS) is 20.8. The number of piperazine rings is 1. The summed E-state index contributed by atoms with van der Waals surface area (Å²) in [6.45, 7) is 11.0. The summed E-state index contributed by atoms with van der Waals surface area (Å²) < 4.78 is 0. The molecule has 0 spiro atoms. The van der Waals surface area contributed by atoms with Crippen LogP contribution in [0.2, 0.25) is 0 Å². The highest BCUT2D eigenvalue weighted by atomic mass is 16.4. The molecular formula is C15H31N3O2. The molecule has 118 valence electrons. The number of likely N-dealkylation sites (N-methyl/N-ethyl adjacent to an activating group) is 1. The van der Waals surface area contributed by atoms with E-state index in [-0.39, 0.29) is 0 Å². The second-order valence-corrected chi connectivity index (χ2v) is 6.03. The van der Waals surface area contributed by atoms with Crippen molar-refractivity contribution in [1.82, 2.24) is 15.1 Å². The average molecular weight is 285 g/mol. The van der Waals surface area contributed by atoms with Gasteiger partial charge in [-0.3, -0.25) is 4.79 Å². The zero-order chi connectivity index (χ0) is 15.0. The van der Waals surface area contributed by atoms with E-state index >= 15 is 0 Å². The molecule has 1 fully saturated rings. The van der Waals surface area contributed by atoms with Gasteiger partial charge in [-0.15, -0.1) is 0 Å². The molecule has 0 aliphatic carbocycles. The minimum Gasteiger partial charge on any atom is -0.480 e. The monoisotopic (exact) mass is 285 g/mol. The molecule has 1 unspecified atom stereocenters. The van der Waals surface area contributed by atoms with E-state index in [0.717, 1.165) is 32.5 Å². The third kappa shape index (κ3) is 5.38. The Labute approximate surface area is 123 Å². The van der Waals surface area contributed by atoms with E-state index in [2.05, 4.69) is 22.0 Å². The van der Waals surface area contributed by atoms with Gasteiger partial charge in [0, 0.05) is 26.2 Å². The molecule has 5 nitrogen and oxygen atoms in total. The van der Waals surface area contributed by atoms with Crippen LogP contribution in [0.15, 0.2) is 0 Å². The maximum Gasteiger partial charge on any atom is 0.323 e. The van der Waals surface area contributed by atoms with Crippen molar-refractivity contribution in [1.29, 1.82) is 0 Å². The maximum absolute atomic E-state index is 11.2. The quantitative estimate of drug-likeness (QED) is 0.624. The lowest BCUT2D eigenvalue weighted by Gasteiger charge is -2.34. The van der Waals surface area contributed by atoms with Crippen molar-refractivity contribution in [3.8, 4) is 0 Å². The van der Waals surface area contributed by atoms with Crippen molar-refractivity contribution in [2.75, 3.05) is 46.3 Å². The number of rotatable bonds is 9. The predicted molar refractivity (Wildman–Crippen MR) is 82.1 cm³/mol. The van der Waals surface area contributed by atoms with E-state index in [1.54, 1.807) is 14.0 Å². The highest BCUT2D eigenvalue weighted by Crippen LogP contribution is 2.14. The lowest BCUT2D eigenvalue weighted by Crippen LogP contribution is -2.48. The van der Waals surface area contributed by atoms with Crippen molar-refractivity contribution in [3.05, 3.63) is 0 Å². The first-order valence-electron chi connectivity index (χ1n) is 7.89.